The Hall–Kier alpha value is -1.33. The van der Waals surface area contributed by atoms with Gasteiger partial charge in [-0.05, 0) is 17.9 Å². The van der Waals surface area contributed by atoms with E-state index in [2.05, 4.69) is 63.6 Å². The van der Waals surface area contributed by atoms with Gasteiger partial charge in [0, 0.05) is 56.1 Å². The van der Waals surface area contributed by atoms with Gasteiger partial charge in [0.05, 0.1) is 0 Å². The second kappa shape index (κ2) is 7.05. The summed E-state index contributed by atoms with van der Waals surface area (Å²) in [5.41, 5.74) is 0.127. The fraction of sp³-hybridized carbons (Fsp3) is 0.611. The third-order valence-corrected chi connectivity index (χ3v) is 6.15. The Kier molecular flexibility index (Phi) is 5.07. The number of guanidine groups is 1. The lowest BCUT2D eigenvalue weighted by Gasteiger charge is -2.29. The monoisotopic (exact) mass is 332 g/mol. The van der Waals surface area contributed by atoms with E-state index < -0.39 is 0 Å². The number of rotatable bonds is 4. The number of thiophene rings is 1. The number of nitrogens with zero attached hydrogens (tertiary/aromatic N) is 3. The van der Waals surface area contributed by atoms with E-state index in [1.54, 1.807) is 0 Å². The quantitative estimate of drug-likeness (QED) is 0.522. The van der Waals surface area contributed by atoms with E-state index in [0.29, 0.717) is 6.04 Å². The Labute approximate surface area is 143 Å². The van der Waals surface area contributed by atoms with Crippen LogP contribution in [-0.4, -0.2) is 61.6 Å². The van der Waals surface area contributed by atoms with Crippen LogP contribution in [0.2, 0.25) is 0 Å². The van der Waals surface area contributed by atoms with Crippen molar-refractivity contribution < 1.29 is 0 Å². The first-order valence-corrected chi connectivity index (χ1v) is 9.37. The molecule has 0 spiro atoms. The maximum atomic E-state index is 4.52. The Balaban J connectivity index is 1.54. The van der Waals surface area contributed by atoms with Crippen molar-refractivity contribution in [2.24, 2.45) is 4.99 Å². The molecule has 23 heavy (non-hydrogen) atoms. The molecular formula is C18H28N4S. The summed E-state index contributed by atoms with van der Waals surface area (Å²) in [4.78, 5) is 10.9. The second-order valence-electron chi connectivity index (χ2n) is 7.08. The molecule has 2 aliphatic rings. The molecule has 0 amide bonds. The van der Waals surface area contributed by atoms with Crippen LogP contribution in [0.15, 0.2) is 34.7 Å². The zero-order chi connectivity index (χ0) is 16.3. The number of hydrogen-bond donors (Lipinski definition) is 1. The summed E-state index contributed by atoms with van der Waals surface area (Å²) >= 11 is 1.83. The van der Waals surface area contributed by atoms with Crippen molar-refractivity contribution in [3.8, 4) is 0 Å². The summed E-state index contributed by atoms with van der Waals surface area (Å²) in [5.74, 6) is 1.05. The minimum Gasteiger partial charge on any atom is -0.355 e. The van der Waals surface area contributed by atoms with Crippen LogP contribution in [0.25, 0.3) is 0 Å². The Morgan fingerprint density at radius 3 is 2.83 bits per heavy atom. The normalized spacial score (nSPS) is 23.0. The molecule has 1 atom stereocenters. The average Bonchev–Trinajstić information content (AvgIpc) is 3.28. The molecule has 4 nitrogen and oxygen atoms in total. The fourth-order valence-electron chi connectivity index (χ4n) is 3.41. The molecule has 1 aromatic heterocycles. The molecule has 3 heterocycles. The highest BCUT2D eigenvalue weighted by Gasteiger charge is 2.30. The first-order valence-electron chi connectivity index (χ1n) is 8.49. The molecule has 0 bridgehead atoms. The summed E-state index contributed by atoms with van der Waals surface area (Å²) in [6, 6.07) is 5.02. The molecule has 2 aliphatic heterocycles. The standard InChI is InChI=1S/C18H28N4S/c1-18(2,16-7-6-12-23-16)14-20-17(19-3)22-11-8-15(13-22)21-9-4-5-10-21/h4-7,12,15H,8-11,13-14H2,1-3H3,(H,19,20). The van der Waals surface area contributed by atoms with E-state index in [9.17, 15) is 0 Å². The molecule has 0 saturated carbocycles. The highest BCUT2D eigenvalue weighted by Crippen LogP contribution is 2.27. The highest BCUT2D eigenvalue weighted by molar-refractivity contribution is 7.10. The smallest absolute Gasteiger partial charge is 0.193 e. The molecule has 1 unspecified atom stereocenters. The fourth-order valence-corrected chi connectivity index (χ4v) is 4.26. The minimum atomic E-state index is 0.127. The third-order valence-electron chi connectivity index (χ3n) is 4.91. The van der Waals surface area contributed by atoms with Crippen molar-refractivity contribution in [3.05, 3.63) is 34.5 Å². The van der Waals surface area contributed by atoms with Crippen molar-refractivity contribution in [3.63, 3.8) is 0 Å². The average molecular weight is 333 g/mol. The maximum absolute atomic E-state index is 4.52. The third kappa shape index (κ3) is 3.78. The van der Waals surface area contributed by atoms with Gasteiger partial charge in [-0.3, -0.25) is 9.89 Å². The highest BCUT2D eigenvalue weighted by atomic mass is 32.1. The number of hydrogen-bond acceptors (Lipinski definition) is 3. The van der Waals surface area contributed by atoms with Gasteiger partial charge in [0.15, 0.2) is 5.96 Å². The first-order chi connectivity index (χ1) is 11.1. The predicted molar refractivity (Wildman–Crippen MR) is 99.4 cm³/mol. The zero-order valence-corrected chi connectivity index (χ0v) is 15.3. The summed E-state index contributed by atoms with van der Waals surface area (Å²) in [7, 11) is 1.89. The van der Waals surface area contributed by atoms with E-state index in [-0.39, 0.29) is 5.41 Å². The van der Waals surface area contributed by atoms with Crippen LogP contribution in [0.4, 0.5) is 0 Å². The van der Waals surface area contributed by atoms with Gasteiger partial charge >= 0.3 is 0 Å². The van der Waals surface area contributed by atoms with Crippen LogP contribution in [0.3, 0.4) is 0 Å². The van der Waals surface area contributed by atoms with Gasteiger partial charge in [0.25, 0.3) is 0 Å². The molecule has 5 heteroatoms. The van der Waals surface area contributed by atoms with Crippen LogP contribution >= 0.6 is 11.3 Å². The van der Waals surface area contributed by atoms with E-state index in [4.69, 9.17) is 0 Å². The van der Waals surface area contributed by atoms with Crippen LogP contribution in [-0.2, 0) is 5.41 Å². The lowest BCUT2D eigenvalue weighted by molar-refractivity contribution is 0.259. The van der Waals surface area contributed by atoms with Crippen LogP contribution in [0.5, 0.6) is 0 Å². The molecule has 3 rings (SSSR count). The van der Waals surface area contributed by atoms with E-state index in [0.717, 1.165) is 38.7 Å². The molecule has 0 aromatic carbocycles. The van der Waals surface area contributed by atoms with E-state index >= 15 is 0 Å². The number of likely N-dealkylation sites (tertiary alicyclic amines) is 1. The molecule has 1 saturated heterocycles. The van der Waals surface area contributed by atoms with E-state index in [1.807, 2.05) is 18.4 Å². The molecule has 0 aliphatic carbocycles. The molecule has 126 valence electrons. The van der Waals surface area contributed by atoms with Gasteiger partial charge in [-0.1, -0.05) is 32.1 Å². The Morgan fingerprint density at radius 1 is 1.39 bits per heavy atom. The largest absolute Gasteiger partial charge is 0.355 e. The number of aliphatic imine (C=N–C) groups is 1. The van der Waals surface area contributed by atoms with E-state index in [1.165, 1.54) is 11.3 Å². The molecule has 0 radical (unpaired) electrons. The topological polar surface area (TPSA) is 30.9 Å². The SMILES string of the molecule is CN=C(NCC(C)(C)c1cccs1)N1CCC(N2CC=CC2)C1. The van der Waals surface area contributed by atoms with Gasteiger partial charge in [0.1, 0.15) is 0 Å². The second-order valence-corrected chi connectivity index (χ2v) is 8.02. The van der Waals surface area contributed by atoms with Crippen molar-refractivity contribution in [2.75, 3.05) is 39.8 Å². The van der Waals surface area contributed by atoms with Gasteiger partial charge in [-0.25, -0.2) is 0 Å². The van der Waals surface area contributed by atoms with Crippen LogP contribution < -0.4 is 5.32 Å². The summed E-state index contributed by atoms with van der Waals surface area (Å²) < 4.78 is 0. The Morgan fingerprint density at radius 2 is 2.17 bits per heavy atom. The lowest BCUT2D eigenvalue weighted by atomic mass is 9.91. The summed E-state index contributed by atoms with van der Waals surface area (Å²) in [6.45, 7) is 9.89. The lowest BCUT2D eigenvalue weighted by Crippen LogP contribution is -2.46. The van der Waals surface area contributed by atoms with Crippen molar-refractivity contribution in [1.29, 1.82) is 0 Å². The molecule has 1 aromatic rings. The summed E-state index contributed by atoms with van der Waals surface area (Å²) in [6.07, 6.45) is 5.79. The van der Waals surface area contributed by atoms with Gasteiger partial charge in [-0.2, -0.15) is 0 Å². The Bertz CT molecular complexity index is 554. The van der Waals surface area contributed by atoms with Crippen molar-refractivity contribution >= 4 is 17.3 Å². The summed E-state index contributed by atoms with van der Waals surface area (Å²) in [5, 5.41) is 5.75. The zero-order valence-electron chi connectivity index (χ0n) is 14.5. The van der Waals surface area contributed by atoms with Crippen LogP contribution in [0, 0.1) is 0 Å². The van der Waals surface area contributed by atoms with Crippen molar-refractivity contribution in [1.82, 2.24) is 15.1 Å². The maximum Gasteiger partial charge on any atom is 0.193 e. The van der Waals surface area contributed by atoms with Crippen molar-refractivity contribution in [2.45, 2.75) is 31.7 Å². The molecule has 1 fully saturated rings. The first kappa shape index (κ1) is 16.5. The minimum absolute atomic E-state index is 0.127. The molecular weight excluding hydrogens is 304 g/mol. The van der Waals surface area contributed by atoms with Crippen LogP contribution in [0.1, 0.15) is 25.1 Å². The van der Waals surface area contributed by atoms with Gasteiger partial charge in [0.2, 0.25) is 0 Å². The van der Waals surface area contributed by atoms with Gasteiger partial charge < -0.3 is 10.2 Å². The molecule has 1 N–H and O–H groups in total. The predicted octanol–water partition coefficient (Wildman–Crippen LogP) is 2.55. The van der Waals surface area contributed by atoms with Gasteiger partial charge in [-0.15, -0.1) is 11.3 Å². The number of nitrogens with one attached hydrogen (secondary N) is 1.